The summed E-state index contributed by atoms with van der Waals surface area (Å²) in [5, 5.41) is 18.8. The van der Waals surface area contributed by atoms with E-state index in [1.807, 2.05) is 9.62 Å². The zero-order chi connectivity index (χ0) is 35.3. The Bertz CT molecular complexity index is 1900. The number of hydrogen-bond donors (Lipinski definition) is 5. The number of aromatic amines is 1. The predicted molar refractivity (Wildman–Crippen MR) is 172 cm³/mol. The number of likely N-dealkylation sites (tertiary alicyclic amines) is 1. The van der Waals surface area contributed by atoms with Crippen molar-refractivity contribution in [2.24, 2.45) is 5.73 Å². The first kappa shape index (κ1) is 35.0. The molecule has 2 aromatic heterocycles. The molecule has 18 heteroatoms. The monoisotopic (exact) mass is 703 g/mol. The molecule has 0 bridgehead atoms. The van der Waals surface area contributed by atoms with Gasteiger partial charge in [0, 0.05) is 18.7 Å². The van der Waals surface area contributed by atoms with Crippen molar-refractivity contribution in [2.45, 2.75) is 37.7 Å². The fraction of sp³-hybridized carbons (Fsp3) is 0.290. The molecule has 1 fully saturated rings. The van der Waals surface area contributed by atoms with E-state index in [4.69, 9.17) is 20.3 Å². The average molecular weight is 704 g/mol. The molecule has 1 amide bonds. The molecule has 0 spiro atoms. The van der Waals surface area contributed by atoms with Crippen molar-refractivity contribution in [1.82, 2.24) is 20.1 Å². The number of aliphatic carboxylic acids is 1. The van der Waals surface area contributed by atoms with Gasteiger partial charge < -0.3 is 25.6 Å². The fourth-order valence-electron chi connectivity index (χ4n) is 5.14. The highest BCUT2D eigenvalue weighted by molar-refractivity contribution is 7.93. The number of nitrogens with two attached hydrogens (primary N) is 1. The van der Waals surface area contributed by atoms with Crippen molar-refractivity contribution in [3.63, 3.8) is 0 Å². The zero-order valence-corrected chi connectivity index (χ0v) is 26.7. The third kappa shape index (κ3) is 8.76. The maximum atomic E-state index is 13.5. The maximum Gasteiger partial charge on any atom is 0.355 e. The molecule has 3 heterocycles. The second kappa shape index (κ2) is 14.8. The van der Waals surface area contributed by atoms with E-state index in [0.29, 0.717) is 43.1 Å². The number of sulfonamides is 1. The standard InChI is InChI=1S/C31H32F3N7O7S/c1-17(18-2-5-20(32)6-3-18)47-24-14-19(4-8-23(24)40-49(45,46)31(33)34)28-27(29(35)44)30(39-38-28)37-25-9-7-22(15-36-25)48-21-10-12-41(13-11-21)16-26(42)43/h2-9,14-15,17,21,31,40H,10-13,16H2,1H3,(H2,35,44)(H,42,43)(H2,36,37,38,39). The fourth-order valence-corrected chi connectivity index (χ4v) is 5.71. The number of hydrogen-bond acceptors (Lipinski definition) is 10. The lowest BCUT2D eigenvalue weighted by Crippen LogP contribution is -2.40. The van der Waals surface area contributed by atoms with Gasteiger partial charge in [0.2, 0.25) is 0 Å². The molecule has 1 saturated heterocycles. The van der Waals surface area contributed by atoms with Gasteiger partial charge in [0.25, 0.3) is 15.9 Å². The van der Waals surface area contributed by atoms with E-state index in [-0.39, 0.29) is 46.7 Å². The molecule has 0 radical (unpaired) electrons. The van der Waals surface area contributed by atoms with E-state index in [1.165, 1.54) is 48.7 Å². The van der Waals surface area contributed by atoms with Crippen LogP contribution in [0, 0.1) is 5.82 Å². The van der Waals surface area contributed by atoms with Gasteiger partial charge in [-0.05, 0) is 61.7 Å². The van der Waals surface area contributed by atoms with Crippen LogP contribution in [0.1, 0.15) is 41.8 Å². The van der Waals surface area contributed by atoms with Crippen LogP contribution < -0.4 is 25.2 Å². The second-order valence-electron chi connectivity index (χ2n) is 11.1. The first-order chi connectivity index (χ1) is 23.3. The Labute approximate surface area is 278 Å². The van der Waals surface area contributed by atoms with Crippen LogP contribution in [0.5, 0.6) is 11.5 Å². The number of carboxylic acids is 1. The number of pyridine rings is 1. The SMILES string of the molecule is CC(Oc1cc(-c2n[nH]c(Nc3ccc(OC4CCN(CC(=O)O)CC4)cn3)c2C(N)=O)ccc1NS(=O)(=O)C(F)F)c1ccc(F)cc1. The number of rotatable bonds is 14. The Kier molecular flexibility index (Phi) is 10.6. The zero-order valence-electron chi connectivity index (χ0n) is 25.9. The number of carbonyl (C=O) groups is 2. The number of nitrogens with zero attached hydrogens (tertiary/aromatic N) is 3. The van der Waals surface area contributed by atoms with Gasteiger partial charge in [0.1, 0.15) is 52.4 Å². The lowest BCUT2D eigenvalue weighted by Gasteiger charge is -2.30. The molecule has 1 unspecified atom stereocenters. The Hall–Kier alpha value is -5.36. The highest BCUT2D eigenvalue weighted by Gasteiger charge is 2.27. The molecular weight excluding hydrogens is 671 g/mol. The number of aromatic nitrogens is 3. The quantitative estimate of drug-likeness (QED) is 0.124. The Morgan fingerprint density at radius 2 is 1.84 bits per heavy atom. The van der Waals surface area contributed by atoms with Gasteiger partial charge in [0.15, 0.2) is 0 Å². The number of nitrogens with one attached hydrogen (secondary N) is 3. The van der Waals surface area contributed by atoms with Crippen molar-refractivity contribution >= 4 is 39.2 Å². The van der Waals surface area contributed by atoms with Gasteiger partial charge in [-0.25, -0.2) is 17.8 Å². The van der Waals surface area contributed by atoms with Crippen LogP contribution in [0.25, 0.3) is 11.3 Å². The predicted octanol–water partition coefficient (Wildman–Crippen LogP) is 4.49. The number of anilines is 3. The van der Waals surface area contributed by atoms with E-state index in [1.54, 1.807) is 19.1 Å². The number of alkyl halides is 2. The summed E-state index contributed by atoms with van der Waals surface area (Å²) in [5.41, 5.74) is 6.06. The largest absolute Gasteiger partial charge is 0.489 e. The van der Waals surface area contributed by atoms with Crippen LogP contribution in [0.3, 0.4) is 0 Å². The summed E-state index contributed by atoms with van der Waals surface area (Å²) < 4.78 is 77.6. The van der Waals surface area contributed by atoms with Crippen LogP contribution in [0.4, 0.5) is 30.5 Å². The third-order valence-electron chi connectivity index (χ3n) is 7.58. The lowest BCUT2D eigenvalue weighted by molar-refractivity contribution is -0.138. The minimum atomic E-state index is -5.08. The Balaban J connectivity index is 1.36. The number of halogens is 3. The van der Waals surface area contributed by atoms with Crippen molar-refractivity contribution in [3.05, 3.63) is 77.7 Å². The van der Waals surface area contributed by atoms with Gasteiger partial charge in [-0.15, -0.1) is 0 Å². The minimum absolute atomic E-state index is 0.0168. The first-order valence-electron chi connectivity index (χ1n) is 14.9. The molecule has 6 N–H and O–H groups in total. The third-order valence-corrected chi connectivity index (χ3v) is 8.56. The lowest BCUT2D eigenvalue weighted by atomic mass is 10.1. The van der Waals surface area contributed by atoms with Crippen molar-refractivity contribution in [1.29, 1.82) is 0 Å². The molecule has 260 valence electrons. The molecule has 1 aliphatic heterocycles. The summed E-state index contributed by atoms with van der Waals surface area (Å²) in [4.78, 5) is 29.7. The van der Waals surface area contributed by atoms with E-state index in [2.05, 4.69) is 20.5 Å². The van der Waals surface area contributed by atoms with Crippen LogP contribution >= 0.6 is 0 Å². The molecule has 1 atom stereocenters. The molecule has 14 nitrogen and oxygen atoms in total. The molecule has 2 aromatic carbocycles. The number of carboxylic acid groups (broad SMARTS) is 1. The van der Waals surface area contributed by atoms with E-state index < -0.39 is 39.6 Å². The van der Waals surface area contributed by atoms with Gasteiger partial charge in [-0.1, -0.05) is 18.2 Å². The van der Waals surface area contributed by atoms with E-state index in [9.17, 15) is 31.2 Å². The van der Waals surface area contributed by atoms with Crippen LogP contribution in [0.2, 0.25) is 0 Å². The molecule has 4 aromatic rings. The Morgan fingerprint density at radius 3 is 2.45 bits per heavy atom. The van der Waals surface area contributed by atoms with Crippen LogP contribution in [0.15, 0.2) is 60.8 Å². The Morgan fingerprint density at radius 1 is 1.12 bits per heavy atom. The normalized spacial score (nSPS) is 14.7. The van der Waals surface area contributed by atoms with Gasteiger partial charge in [0.05, 0.1) is 18.4 Å². The highest BCUT2D eigenvalue weighted by Crippen LogP contribution is 2.37. The molecule has 0 saturated carbocycles. The van der Waals surface area contributed by atoms with E-state index in [0.717, 1.165) is 0 Å². The molecule has 49 heavy (non-hydrogen) atoms. The van der Waals surface area contributed by atoms with Gasteiger partial charge in [-0.3, -0.25) is 24.3 Å². The average Bonchev–Trinajstić information content (AvgIpc) is 3.47. The van der Waals surface area contributed by atoms with Gasteiger partial charge >= 0.3 is 11.7 Å². The van der Waals surface area contributed by atoms with Gasteiger partial charge in [-0.2, -0.15) is 13.9 Å². The summed E-state index contributed by atoms with van der Waals surface area (Å²) >= 11 is 0. The highest BCUT2D eigenvalue weighted by atomic mass is 32.2. The topological polar surface area (TPSA) is 202 Å². The number of amides is 1. The maximum absolute atomic E-state index is 13.5. The molecule has 0 aliphatic carbocycles. The summed E-state index contributed by atoms with van der Waals surface area (Å²) in [6.45, 7) is 2.76. The molecule has 1 aliphatic rings. The summed E-state index contributed by atoms with van der Waals surface area (Å²) in [5.74, 6) is -5.29. The van der Waals surface area contributed by atoms with Crippen molar-refractivity contribution in [3.8, 4) is 22.8 Å². The second-order valence-corrected chi connectivity index (χ2v) is 12.8. The number of ether oxygens (including phenoxy) is 2. The molecule has 5 rings (SSSR count). The number of piperidine rings is 1. The smallest absolute Gasteiger partial charge is 0.355 e. The number of H-pyrrole nitrogens is 1. The number of benzene rings is 2. The molecular formula is C31H32F3N7O7S. The van der Waals surface area contributed by atoms with Crippen LogP contribution in [-0.2, 0) is 14.8 Å². The summed E-state index contributed by atoms with van der Waals surface area (Å²) in [6.07, 6.45) is 1.90. The minimum Gasteiger partial charge on any atom is -0.489 e. The van der Waals surface area contributed by atoms with Crippen LogP contribution in [-0.4, -0.2) is 77.0 Å². The number of carbonyl (C=O) groups excluding carboxylic acids is 1. The number of primary amides is 1. The van der Waals surface area contributed by atoms with Crippen molar-refractivity contribution in [2.75, 3.05) is 29.7 Å². The van der Waals surface area contributed by atoms with E-state index >= 15 is 0 Å². The first-order valence-corrected chi connectivity index (χ1v) is 16.4. The summed E-state index contributed by atoms with van der Waals surface area (Å²) in [6, 6.07) is 12.4. The summed E-state index contributed by atoms with van der Waals surface area (Å²) in [7, 11) is -5.08. The van der Waals surface area contributed by atoms with Crippen molar-refractivity contribution < 1.29 is 45.8 Å².